The number of ether oxygens (including phenoxy) is 1. The number of rotatable bonds is 4. The van der Waals surface area contributed by atoms with Crippen LogP contribution in [0.2, 0.25) is 0 Å². The second-order valence-electron chi connectivity index (χ2n) is 9.15. The van der Waals surface area contributed by atoms with Gasteiger partial charge in [0.25, 0.3) is 11.8 Å². The van der Waals surface area contributed by atoms with E-state index in [0.717, 1.165) is 71.3 Å². The first-order valence-corrected chi connectivity index (χ1v) is 13.0. The number of amides is 2. The monoisotopic (exact) mass is 489 g/mol. The molecule has 1 saturated carbocycles. The number of anilines is 2. The lowest BCUT2D eigenvalue weighted by atomic mass is 10.1. The summed E-state index contributed by atoms with van der Waals surface area (Å²) >= 11 is 1.51. The number of carbonyl (C=O) groups excluding carboxylic acids is 2. The van der Waals surface area contributed by atoms with Crippen LogP contribution >= 0.6 is 11.3 Å². The number of aromatic nitrogens is 2. The number of fused-ring (bicyclic) bond motifs is 3. The van der Waals surface area contributed by atoms with Gasteiger partial charge in [-0.25, -0.2) is 9.97 Å². The zero-order valence-electron chi connectivity index (χ0n) is 19.4. The van der Waals surface area contributed by atoms with Crippen LogP contribution in [-0.4, -0.2) is 60.7 Å². The summed E-state index contributed by atoms with van der Waals surface area (Å²) in [4.78, 5) is 40.9. The van der Waals surface area contributed by atoms with E-state index in [-0.39, 0.29) is 11.8 Å². The molecule has 8 nitrogen and oxygen atoms in total. The van der Waals surface area contributed by atoms with Gasteiger partial charge in [-0.1, -0.05) is 18.2 Å². The standard InChI is InChI=1S/C26H27N5O3S/c32-25(29-18-6-7-18)22-14-17-8-10-31(21-5-2-1-4-19(21)24(17)35-22)26(33)20-15-23(28-16-27-20)30-9-3-12-34-13-11-30/h1-2,4-5,14-16,18H,3,6-13H2,(H,29,32). The van der Waals surface area contributed by atoms with Crippen LogP contribution in [0.25, 0.3) is 10.4 Å². The fourth-order valence-corrected chi connectivity index (χ4v) is 5.80. The Balaban J connectivity index is 1.30. The number of hydrogen-bond donors (Lipinski definition) is 1. The zero-order chi connectivity index (χ0) is 23.8. The van der Waals surface area contributed by atoms with Gasteiger partial charge in [0.15, 0.2) is 0 Å². The summed E-state index contributed by atoms with van der Waals surface area (Å²) in [5.41, 5.74) is 3.30. The first kappa shape index (κ1) is 22.2. The van der Waals surface area contributed by atoms with Gasteiger partial charge >= 0.3 is 0 Å². The van der Waals surface area contributed by atoms with Gasteiger partial charge in [-0.05, 0) is 43.4 Å². The Morgan fingerprint density at radius 2 is 1.94 bits per heavy atom. The minimum Gasteiger partial charge on any atom is -0.380 e. The first-order valence-electron chi connectivity index (χ1n) is 12.2. The predicted octanol–water partition coefficient (Wildman–Crippen LogP) is 3.53. The molecule has 1 N–H and O–H groups in total. The Morgan fingerprint density at radius 1 is 1.06 bits per heavy atom. The van der Waals surface area contributed by atoms with Crippen LogP contribution in [0.4, 0.5) is 11.5 Å². The highest BCUT2D eigenvalue weighted by molar-refractivity contribution is 7.17. The van der Waals surface area contributed by atoms with Gasteiger partial charge in [-0.15, -0.1) is 11.3 Å². The molecule has 180 valence electrons. The van der Waals surface area contributed by atoms with Gasteiger partial charge < -0.3 is 19.9 Å². The van der Waals surface area contributed by atoms with Crippen molar-refractivity contribution in [2.75, 3.05) is 42.6 Å². The predicted molar refractivity (Wildman–Crippen MR) is 135 cm³/mol. The first-order chi connectivity index (χ1) is 17.2. The molecule has 0 spiro atoms. The number of carbonyl (C=O) groups is 2. The molecule has 3 aliphatic rings. The van der Waals surface area contributed by atoms with E-state index in [1.165, 1.54) is 17.7 Å². The van der Waals surface area contributed by atoms with Crippen LogP contribution in [0.5, 0.6) is 0 Å². The van der Waals surface area contributed by atoms with E-state index in [2.05, 4.69) is 20.2 Å². The lowest BCUT2D eigenvalue weighted by molar-refractivity contribution is 0.0952. The molecule has 35 heavy (non-hydrogen) atoms. The molecular weight excluding hydrogens is 462 g/mol. The van der Waals surface area contributed by atoms with Crippen molar-refractivity contribution < 1.29 is 14.3 Å². The van der Waals surface area contributed by atoms with Crippen molar-refractivity contribution in [3.8, 4) is 10.4 Å². The molecule has 3 aromatic rings. The van der Waals surface area contributed by atoms with Crippen molar-refractivity contribution in [2.45, 2.75) is 31.7 Å². The SMILES string of the molecule is O=C(NC1CC1)c1cc2c(s1)-c1ccccc1N(C(=O)c1cc(N3CCCOCC3)ncn1)CC2. The molecule has 0 radical (unpaired) electrons. The fourth-order valence-electron chi connectivity index (χ4n) is 4.65. The number of para-hydroxylation sites is 1. The minimum atomic E-state index is -0.144. The second kappa shape index (κ2) is 9.39. The lowest BCUT2D eigenvalue weighted by Gasteiger charge is -2.24. The number of nitrogens with one attached hydrogen (secondary N) is 1. The summed E-state index contributed by atoms with van der Waals surface area (Å²) in [6.45, 7) is 3.49. The Bertz CT molecular complexity index is 1260. The average Bonchev–Trinajstić information content (AvgIpc) is 3.68. The van der Waals surface area contributed by atoms with E-state index >= 15 is 0 Å². The lowest BCUT2D eigenvalue weighted by Crippen LogP contribution is -2.34. The van der Waals surface area contributed by atoms with Crippen molar-refractivity contribution in [1.29, 1.82) is 0 Å². The molecular formula is C26H27N5O3S. The average molecular weight is 490 g/mol. The summed E-state index contributed by atoms with van der Waals surface area (Å²) < 4.78 is 5.56. The van der Waals surface area contributed by atoms with Crippen LogP contribution in [0.3, 0.4) is 0 Å². The molecule has 6 rings (SSSR count). The molecule has 2 aliphatic heterocycles. The maximum absolute atomic E-state index is 13.7. The van der Waals surface area contributed by atoms with Crippen molar-refractivity contribution >= 4 is 34.7 Å². The van der Waals surface area contributed by atoms with Gasteiger partial charge in [-0.3, -0.25) is 9.59 Å². The maximum atomic E-state index is 13.7. The molecule has 4 heterocycles. The van der Waals surface area contributed by atoms with E-state index in [0.29, 0.717) is 31.3 Å². The van der Waals surface area contributed by atoms with Gasteiger partial charge in [0, 0.05) is 48.8 Å². The molecule has 2 fully saturated rings. The highest BCUT2D eigenvalue weighted by Crippen LogP contribution is 2.42. The third-order valence-electron chi connectivity index (χ3n) is 6.65. The summed E-state index contributed by atoms with van der Waals surface area (Å²) in [5, 5.41) is 3.08. The molecule has 2 amide bonds. The van der Waals surface area contributed by atoms with Crippen LogP contribution < -0.4 is 15.1 Å². The van der Waals surface area contributed by atoms with E-state index < -0.39 is 0 Å². The van der Waals surface area contributed by atoms with Crippen LogP contribution in [0, 0.1) is 0 Å². The third kappa shape index (κ3) is 4.53. The molecule has 1 aromatic carbocycles. The second-order valence-corrected chi connectivity index (χ2v) is 10.2. The Hall–Kier alpha value is -3.30. The number of thiophene rings is 1. The van der Waals surface area contributed by atoms with Crippen LogP contribution in [0.15, 0.2) is 42.7 Å². The van der Waals surface area contributed by atoms with Gasteiger partial charge in [0.1, 0.15) is 17.8 Å². The highest BCUT2D eigenvalue weighted by Gasteiger charge is 2.30. The topological polar surface area (TPSA) is 87.7 Å². The molecule has 0 bridgehead atoms. The quantitative estimate of drug-likeness (QED) is 0.603. The number of benzene rings is 1. The number of nitrogens with zero attached hydrogens (tertiary/aromatic N) is 4. The van der Waals surface area contributed by atoms with Gasteiger partial charge in [0.2, 0.25) is 0 Å². The maximum Gasteiger partial charge on any atom is 0.277 e. The van der Waals surface area contributed by atoms with Gasteiger partial charge in [0.05, 0.1) is 17.2 Å². The minimum absolute atomic E-state index is 0.00316. The number of hydrogen-bond acceptors (Lipinski definition) is 7. The smallest absolute Gasteiger partial charge is 0.277 e. The van der Waals surface area contributed by atoms with E-state index in [1.807, 2.05) is 35.2 Å². The summed E-state index contributed by atoms with van der Waals surface area (Å²) in [6, 6.07) is 12.0. The van der Waals surface area contributed by atoms with Crippen molar-refractivity contribution in [1.82, 2.24) is 15.3 Å². The van der Waals surface area contributed by atoms with Crippen molar-refractivity contribution in [3.05, 3.63) is 58.9 Å². The molecule has 2 aromatic heterocycles. The van der Waals surface area contributed by atoms with E-state index in [1.54, 1.807) is 6.07 Å². The highest BCUT2D eigenvalue weighted by atomic mass is 32.1. The summed E-state index contributed by atoms with van der Waals surface area (Å²) in [5.74, 6) is 0.611. The summed E-state index contributed by atoms with van der Waals surface area (Å²) in [7, 11) is 0. The molecule has 0 atom stereocenters. The third-order valence-corrected chi connectivity index (χ3v) is 7.86. The van der Waals surface area contributed by atoms with Crippen LogP contribution in [-0.2, 0) is 11.2 Å². The molecule has 1 saturated heterocycles. The van der Waals surface area contributed by atoms with E-state index in [4.69, 9.17) is 4.74 Å². The molecule has 1 aliphatic carbocycles. The Morgan fingerprint density at radius 3 is 2.83 bits per heavy atom. The largest absolute Gasteiger partial charge is 0.380 e. The van der Waals surface area contributed by atoms with Crippen molar-refractivity contribution in [2.24, 2.45) is 0 Å². The normalized spacial score (nSPS) is 17.7. The van der Waals surface area contributed by atoms with Crippen molar-refractivity contribution in [3.63, 3.8) is 0 Å². The Labute approximate surface area is 207 Å². The fraction of sp³-hybridized carbons (Fsp3) is 0.385. The van der Waals surface area contributed by atoms with Gasteiger partial charge in [-0.2, -0.15) is 0 Å². The van der Waals surface area contributed by atoms with Crippen LogP contribution in [0.1, 0.15) is 45.0 Å². The Kier molecular flexibility index (Phi) is 5.95. The zero-order valence-corrected chi connectivity index (χ0v) is 20.2. The van der Waals surface area contributed by atoms with E-state index in [9.17, 15) is 9.59 Å². The summed E-state index contributed by atoms with van der Waals surface area (Å²) in [6.07, 6.45) is 5.19. The molecule has 0 unspecified atom stereocenters. The molecule has 9 heteroatoms.